The first-order valence-electron chi connectivity index (χ1n) is 15.8. The van der Waals surface area contributed by atoms with Gasteiger partial charge in [-0.05, 0) is 61.1 Å². The number of hydrogen-bond donors (Lipinski definition) is 1. The van der Waals surface area contributed by atoms with Gasteiger partial charge in [0.05, 0.1) is 17.5 Å². The van der Waals surface area contributed by atoms with E-state index in [1.165, 1.54) is 18.2 Å². The highest BCUT2D eigenvalue weighted by Crippen LogP contribution is 2.67. The molecule has 6 unspecified atom stereocenters. The maximum Gasteiger partial charge on any atom is 0.573 e. The highest BCUT2D eigenvalue weighted by molar-refractivity contribution is 6.58. The van der Waals surface area contributed by atoms with Crippen LogP contribution >= 0.6 is 23.2 Å². The molecule has 18 heteroatoms. The first-order valence-corrected chi connectivity index (χ1v) is 16.6. The summed E-state index contributed by atoms with van der Waals surface area (Å²) in [6, 6.07) is 8.44. The molecule has 2 saturated heterocycles. The molecular formula is C35H22Cl2F8N2O6. The lowest BCUT2D eigenvalue weighted by molar-refractivity contribution is -0.274. The van der Waals surface area contributed by atoms with Crippen molar-refractivity contribution in [3.63, 3.8) is 0 Å². The SMILES string of the molecule is CCc1ccc(N2C(=O)C3CC=C4C(CC5(Cl)C(=O)N(c6c(F)c(F)c(F)c(F)c6F)C(=O)C5(Cl)C4c4cc(OC(F)(F)F)ccc4O)C3C2=O)cc1. The van der Waals surface area contributed by atoms with Gasteiger partial charge in [-0.15, -0.1) is 36.4 Å². The minimum atomic E-state index is -5.29. The zero-order chi connectivity index (χ0) is 38.7. The number of hydrogen-bond acceptors (Lipinski definition) is 6. The van der Waals surface area contributed by atoms with Crippen LogP contribution in [-0.4, -0.2) is 44.8 Å². The van der Waals surface area contributed by atoms with E-state index in [1.807, 2.05) is 6.92 Å². The number of anilines is 2. The molecule has 3 aromatic carbocycles. The van der Waals surface area contributed by atoms with E-state index < -0.39 is 127 Å². The van der Waals surface area contributed by atoms with Crippen molar-refractivity contribution in [1.29, 1.82) is 0 Å². The number of allylic oxidation sites excluding steroid dienone is 2. The highest BCUT2D eigenvalue weighted by atomic mass is 35.5. The topological polar surface area (TPSA) is 104 Å². The number of phenolic OH excluding ortho intramolecular Hbond substituents is 1. The number of halogens is 10. The second-order valence-corrected chi connectivity index (χ2v) is 14.2. The molecule has 6 atom stereocenters. The summed E-state index contributed by atoms with van der Waals surface area (Å²) < 4.78 is 117. The third kappa shape index (κ3) is 5.07. The summed E-state index contributed by atoms with van der Waals surface area (Å²) in [4.78, 5) is 51.1. The van der Waals surface area contributed by atoms with Gasteiger partial charge < -0.3 is 9.84 Å². The zero-order valence-corrected chi connectivity index (χ0v) is 28.2. The molecule has 0 bridgehead atoms. The normalized spacial score (nSPS) is 28.2. The lowest BCUT2D eigenvalue weighted by atomic mass is 9.56. The number of nitrogens with zero attached hydrogens (tertiary/aromatic N) is 2. The standard InChI is InChI=1S/C35H22Cl2F8N2O6/c1-2-13-3-5-14(6-4-13)46-29(49)17-9-8-16-19(21(17)30(46)50)12-33(36)31(51)47(28-26(41)24(39)23(38)25(40)27(28)42)32(52)34(33,37)22(16)18-11-15(7-10-20(18)48)53-35(43,44)45/h3-8,10-11,17,19,21-22,48H,2,9,12H2,1H3. The van der Waals surface area contributed by atoms with Crippen molar-refractivity contribution >= 4 is 58.2 Å². The Hall–Kier alpha value is -4.70. The number of carbonyl (C=O) groups is 4. The summed E-state index contributed by atoms with van der Waals surface area (Å²) in [6.45, 7) is 1.88. The van der Waals surface area contributed by atoms with Crippen LogP contribution in [-0.2, 0) is 25.6 Å². The second kappa shape index (κ2) is 12.2. The van der Waals surface area contributed by atoms with Gasteiger partial charge in [-0.3, -0.25) is 24.1 Å². The zero-order valence-electron chi connectivity index (χ0n) is 26.7. The number of fused-ring (bicyclic) bond motifs is 4. The van der Waals surface area contributed by atoms with Crippen LogP contribution in [0.15, 0.2) is 54.1 Å². The van der Waals surface area contributed by atoms with Crippen LogP contribution in [0.3, 0.4) is 0 Å². The Labute approximate surface area is 303 Å². The van der Waals surface area contributed by atoms with Crippen molar-refractivity contribution in [3.05, 3.63) is 94.3 Å². The van der Waals surface area contributed by atoms with Crippen molar-refractivity contribution < 1.29 is 64.1 Å². The summed E-state index contributed by atoms with van der Waals surface area (Å²) in [5.41, 5.74) is -1.70. The Kier molecular flexibility index (Phi) is 8.41. The van der Waals surface area contributed by atoms with Gasteiger partial charge in [0.25, 0.3) is 11.8 Å². The Balaban J connectivity index is 1.44. The number of alkyl halides is 5. The van der Waals surface area contributed by atoms with Gasteiger partial charge in [0, 0.05) is 11.5 Å². The van der Waals surface area contributed by atoms with E-state index in [1.54, 1.807) is 12.1 Å². The maximum atomic E-state index is 15.2. The molecule has 1 N–H and O–H groups in total. The van der Waals surface area contributed by atoms with Crippen molar-refractivity contribution in [2.45, 2.75) is 48.2 Å². The fourth-order valence-electron chi connectivity index (χ4n) is 8.01. The molecule has 2 heterocycles. The largest absolute Gasteiger partial charge is 0.573 e. The highest BCUT2D eigenvalue weighted by Gasteiger charge is 2.77. The molecule has 278 valence electrons. The van der Waals surface area contributed by atoms with Crippen LogP contribution < -0.4 is 14.5 Å². The Morgan fingerprint density at radius 3 is 2.02 bits per heavy atom. The van der Waals surface area contributed by atoms with Gasteiger partial charge in [-0.1, -0.05) is 30.7 Å². The van der Waals surface area contributed by atoms with Gasteiger partial charge in [0.15, 0.2) is 33.0 Å². The van der Waals surface area contributed by atoms with Gasteiger partial charge in [-0.2, -0.15) is 0 Å². The van der Waals surface area contributed by atoms with Gasteiger partial charge in [0.1, 0.15) is 17.2 Å². The van der Waals surface area contributed by atoms with Gasteiger partial charge in [0.2, 0.25) is 17.6 Å². The molecule has 4 amide bonds. The summed E-state index contributed by atoms with van der Waals surface area (Å²) >= 11 is 14.0. The Morgan fingerprint density at radius 1 is 0.830 bits per heavy atom. The molecular weight excluding hydrogens is 767 g/mol. The lowest BCUT2D eigenvalue weighted by Crippen LogP contribution is -2.60. The molecule has 0 radical (unpaired) electrons. The summed E-state index contributed by atoms with van der Waals surface area (Å²) in [5.74, 6) is -25.7. The van der Waals surface area contributed by atoms with Crippen LogP contribution in [0.5, 0.6) is 11.5 Å². The number of benzene rings is 3. The third-order valence-electron chi connectivity index (χ3n) is 10.4. The molecule has 8 nitrogen and oxygen atoms in total. The third-order valence-corrected chi connectivity index (χ3v) is 11.8. The van der Waals surface area contributed by atoms with Crippen molar-refractivity contribution in [2.75, 3.05) is 9.80 Å². The average Bonchev–Trinajstić information content (AvgIpc) is 3.45. The quantitative estimate of drug-likeness (QED) is 0.0727. The lowest BCUT2D eigenvalue weighted by Gasteiger charge is -2.50. The van der Waals surface area contributed by atoms with Crippen LogP contribution in [0.4, 0.5) is 46.5 Å². The van der Waals surface area contributed by atoms with E-state index in [-0.39, 0.29) is 17.7 Å². The minimum Gasteiger partial charge on any atom is -0.508 e. The molecule has 3 aromatic rings. The predicted octanol–water partition coefficient (Wildman–Crippen LogP) is 7.32. The Morgan fingerprint density at radius 2 is 1.43 bits per heavy atom. The molecule has 0 aromatic heterocycles. The number of phenols is 1. The van der Waals surface area contributed by atoms with Crippen LogP contribution in [0.1, 0.15) is 36.8 Å². The number of carbonyl (C=O) groups excluding carboxylic acids is 4. The van der Waals surface area contributed by atoms with Gasteiger partial charge >= 0.3 is 6.36 Å². The molecule has 2 aliphatic carbocycles. The second-order valence-electron chi connectivity index (χ2n) is 13.0. The van der Waals surface area contributed by atoms with Crippen LogP contribution in [0.25, 0.3) is 0 Å². The van der Waals surface area contributed by atoms with E-state index in [0.29, 0.717) is 18.6 Å². The fourth-order valence-corrected chi connectivity index (χ4v) is 8.94. The smallest absolute Gasteiger partial charge is 0.508 e. The van der Waals surface area contributed by atoms with E-state index >= 15 is 8.78 Å². The predicted molar refractivity (Wildman–Crippen MR) is 170 cm³/mol. The van der Waals surface area contributed by atoms with E-state index in [0.717, 1.165) is 16.5 Å². The number of aryl methyl sites for hydroxylation is 1. The van der Waals surface area contributed by atoms with Crippen LogP contribution in [0.2, 0.25) is 0 Å². The average molecular weight is 789 g/mol. The summed E-state index contributed by atoms with van der Waals surface area (Å²) in [7, 11) is 0. The van der Waals surface area contributed by atoms with Crippen molar-refractivity contribution in [1.82, 2.24) is 0 Å². The minimum absolute atomic E-state index is 0.0817. The molecule has 0 spiro atoms. The number of imide groups is 2. The maximum absolute atomic E-state index is 15.2. The van der Waals surface area contributed by atoms with E-state index in [4.69, 9.17) is 23.2 Å². The number of amides is 4. The fraction of sp³-hybridized carbons (Fsp3) is 0.314. The number of aromatic hydroxyl groups is 1. The summed E-state index contributed by atoms with van der Waals surface area (Å²) in [6.07, 6.45) is -4.39. The molecule has 3 fully saturated rings. The van der Waals surface area contributed by atoms with E-state index in [9.17, 15) is 50.6 Å². The molecule has 2 aliphatic heterocycles. The summed E-state index contributed by atoms with van der Waals surface area (Å²) in [5, 5.41) is 11.1. The van der Waals surface area contributed by atoms with Crippen molar-refractivity contribution in [3.8, 4) is 11.5 Å². The van der Waals surface area contributed by atoms with Crippen LogP contribution in [0, 0.1) is 46.8 Å². The van der Waals surface area contributed by atoms with Gasteiger partial charge in [-0.25, -0.2) is 26.9 Å². The number of ether oxygens (including phenoxy) is 1. The van der Waals surface area contributed by atoms with E-state index in [2.05, 4.69) is 4.74 Å². The molecule has 4 aliphatic rings. The number of rotatable bonds is 5. The first-order chi connectivity index (χ1) is 24.8. The Bertz CT molecular complexity index is 2150. The molecule has 53 heavy (non-hydrogen) atoms. The molecule has 7 rings (SSSR count). The monoisotopic (exact) mass is 788 g/mol. The van der Waals surface area contributed by atoms with Crippen molar-refractivity contribution in [2.24, 2.45) is 17.8 Å². The molecule has 1 saturated carbocycles. The first kappa shape index (κ1) is 36.6.